The molecule has 0 saturated carbocycles. The van der Waals surface area contributed by atoms with Gasteiger partial charge in [-0.25, -0.2) is 0 Å². The Hall–Kier alpha value is -3.52. The van der Waals surface area contributed by atoms with Gasteiger partial charge in [-0.1, -0.05) is 54.1 Å². The van der Waals surface area contributed by atoms with Crippen molar-refractivity contribution in [3.8, 4) is 16.9 Å². The normalized spacial score (nSPS) is 13.9. The van der Waals surface area contributed by atoms with E-state index in [1.165, 1.54) is 18.2 Å². The van der Waals surface area contributed by atoms with Gasteiger partial charge in [-0.05, 0) is 41.8 Å². The second kappa shape index (κ2) is 9.77. The van der Waals surface area contributed by atoms with Gasteiger partial charge in [-0.15, -0.1) is 0 Å². The number of phenols is 1. The quantitative estimate of drug-likeness (QED) is 0.256. The minimum atomic E-state index is -1.80. The molecule has 0 saturated heterocycles. The lowest BCUT2D eigenvalue weighted by atomic mass is 9.93. The monoisotopic (exact) mass is 479 g/mol. The number of benzene rings is 3. The zero-order valence-corrected chi connectivity index (χ0v) is 18.8. The second-order valence-corrected chi connectivity index (χ2v) is 8.57. The van der Waals surface area contributed by atoms with Gasteiger partial charge in [0.05, 0.1) is 11.1 Å². The van der Waals surface area contributed by atoms with Crippen LogP contribution >= 0.6 is 11.6 Å². The number of nitrogens with zero attached hydrogens (tertiary/aromatic N) is 1. The molecule has 3 aromatic carbocycles. The molecule has 1 unspecified atom stereocenters. The van der Waals surface area contributed by atoms with Crippen molar-refractivity contribution < 1.29 is 29.7 Å². The van der Waals surface area contributed by atoms with Crippen molar-refractivity contribution in [2.24, 2.45) is 5.92 Å². The summed E-state index contributed by atoms with van der Waals surface area (Å²) in [6.45, 7) is -0.114. The zero-order chi connectivity index (χ0) is 24.4. The number of rotatable bonds is 8. The van der Waals surface area contributed by atoms with Crippen molar-refractivity contribution in [2.45, 2.75) is 19.1 Å². The Morgan fingerprint density at radius 2 is 1.50 bits per heavy atom. The molecule has 0 aliphatic carbocycles. The molecular formula is C26H22ClNO6. The molecule has 0 bridgehead atoms. The van der Waals surface area contributed by atoms with Crippen LogP contribution in [0.2, 0.25) is 5.02 Å². The van der Waals surface area contributed by atoms with Crippen LogP contribution in [0.15, 0.2) is 66.7 Å². The number of aromatic hydroxyl groups is 1. The van der Waals surface area contributed by atoms with Crippen LogP contribution in [-0.2, 0) is 0 Å². The third-order valence-electron chi connectivity index (χ3n) is 5.95. The summed E-state index contributed by atoms with van der Waals surface area (Å²) in [6.07, 6.45) is -1.97. The molecule has 174 valence electrons. The van der Waals surface area contributed by atoms with Crippen LogP contribution < -0.4 is 0 Å². The highest BCUT2D eigenvalue weighted by molar-refractivity contribution is 6.30. The maximum absolute atomic E-state index is 12.8. The van der Waals surface area contributed by atoms with Gasteiger partial charge in [0.15, 0.2) is 12.1 Å². The lowest BCUT2D eigenvalue weighted by Gasteiger charge is -2.21. The molecule has 7 nitrogen and oxygen atoms in total. The highest BCUT2D eigenvalue weighted by Gasteiger charge is 2.38. The van der Waals surface area contributed by atoms with Crippen molar-refractivity contribution in [1.82, 2.24) is 4.90 Å². The maximum Gasteiger partial charge on any atom is 0.265 e. The molecule has 0 fully saturated rings. The largest absolute Gasteiger partial charge is 0.507 e. The van der Waals surface area contributed by atoms with Crippen LogP contribution in [0.25, 0.3) is 11.1 Å². The van der Waals surface area contributed by atoms with E-state index >= 15 is 0 Å². The van der Waals surface area contributed by atoms with E-state index in [1.807, 2.05) is 12.1 Å². The number of aliphatic hydroxyl groups is 2. The molecule has 1 aliphatic heterocycles. The fraction of sp³-hybridized carbons (Fsp3) is 0.192. The van der Waals surface area contributed by atoms with Gasteiger partial charge in [-0.3, -0.25) is 19.3 Å². The molecule has 0 spiro atoms. The van der Waals surface area contributed by atoms with Crippen molar-refractivity contribution in [3.63, 3.8) is 0 Å². The lowest BCUT2D eigenvalue weighted by Crippen LogP contribution is -2.34. The molecule has 0 radical (unpaired) electrons. The number of carbonyl (C=O) groups excluding carboxylic acids is 3. The minimum Gasteiger partial charge on any atom is -0.507 e. The van der Waals surface area contributed by atoms with Crippen molar-refractivity contribution in [2.75, 3.05) is 6.54 Å². The highest BCUT2D eigenvalue weighted by Crippen LogP contribution is 2.31. The number of halogens is 1. The van der Waals surface area contributed by atoms with Crippen LogP contribution in [0.3, 0.4) is 0 Å². The SMILES string of the molecule is O=C(CC(CCN1C(=O)c2cccc(O)c2C1=O)C(O)O)c1ccc(-c2ccc(Cl)cc2)cc1. The summed E-state index contributed by atoms with van der Waals surface area (Å²) in [5.74, 6) is -2.67. The summed E-state index contributed by atoms with van der Waals surface area (Å²) in [7, 11) is 0. The summed E-state index contributed by atoms with van der Waals surface area (Å²) in [5, 5.41) is 30.2. The highest BCUT2D eigenvalue weighted by atomic mass is 35.5. The number of ketones is 1. The summed E-state index contributed by atoms with van der Waals surface area (Å²) < 4.78 is 0. The van der Waals surface area contributed by atoms with Gasteiger partial charge in [0.1, 0.15) is 5.75 Å². The van der Waals surface area contributed by atoms with Gasteiger partial charge in [0.2, 0.25) is 0 Å². The second-order valence-electron chi connectivity index (χ2n) is 8.14. The van der Waals surface area contributed by atoms with E-state index in [-0.39, 0.29) is 42.0 Å². The molecule has 4 rings (SSSR count). The fourth-order valence-corrected chi connectivity index (χ4v) is 4.14. The molecule has 2 amide bonds. The van der Waals surface area contributed by atoms with Crippen LogP contribution in [-0.4, -0.2) is 50.7 Å². The van der Waals surface area contributed by atoms with E-state index in [4.69, 9.17) is 11.6 Å². The Morgan fingerprint density at radius 1 is 0.882 bits per heavy atom. The van der Waals surface area contributed by atoms with Gasteiger partial charge in [0, 0.05) is 29.5 Å². The molecular weight excluding hydrogens is 458 g/mol. The third-order valence-corrected chi connectivity index (χ3v) is 6.21. The molecule has 3 N–H and O–H groups in total. The number of carbonyl (C=O) groups is 3. The smallest absolute Gasteiger partial charge is 0.265 e. The third kappa shape index (κ3) is 4.72. The van der Waals surface area contributed by atoms with E-state index < -0.39 is 24.0 Å². The predicted octanol–water partition coefficient (Wildman–Crippen LogP) is 3.90. The van der Waals surface area contributed by atoms with Gasteiger partial charge in [0.25, 0.3) is 11.8 Å². The summed E-state index contributed by atoms with van der Waals surface area (Å²) in [5.41, 5.74) is 2.29. The van der Waals surface area contributed by atoms with Crippen LogP contribution in [0.5, 0.6) is 5.75 Å². The van der Waals surface area contributed by atoms with Crippen LogP contribution in [0.1, 0.15) is 43.9 Å². The van der Waals surface area contributed by atoms with E-state index in [0.29, 0.717) is 10.6 Å². The molecule has 8 heteroatoms. The molecule has 1 aliphatic rings. The Balaban J connectivity index is 1.41. The average Bonchev–Trinajstić information content (AvgIpc) is 3.07. The topological polar surface area (TPSA) is 115 Å². The van der Waals surface area contributed by atoms with Crippen LogP contribution in [0.4, 0.5) is 0 Å². The molecule has 1 heterocycles. The first kappa shape index (κ1) is 23.6. The zero-order valence-electron chi connectivity index (χ0n) is 18.0. The molecule has 0 aromatic heterocycles. The number of fused-ring (bicyclic) bond motifs is 1. The summed E-state index contributed by atoms with van der Waals surface area (Å²) in [6, 6.07) is 18.5. The van der Waals surface area contributed by atoms with Gasteiger partial charge < -0.3 is 15.3 Å². The number of amides is 2. The molecule has 1 atom stereocenters. The average molecular weight is 480 g/mol. The molecule has 34 heavy (non-hydrogen) atoms. The summed E-state index contributed by atoms with van der Waals surface area (Å²) in [4.78, 5) is 38.8. The van der Waals surface area contributed by atoms with Gasteiger partial charge in [-0.2, -0.15) is 0 Å². The Kier molecular flexibility index (Phi) is 6.79. The number of Topliss-reactive ketones (excluding diaryl/α,β-unsaturated/α-hetero) is 1. The Bertz CT molecular complexity index is 1240. The maximum atomic E-state index is 12.8. The first-order chi connectivity index (χ1) is 16.3. The fourth-order valence-electron chi connectivity index (χ4n) is 4.02. The van der Waals surface area contributed by atoms with Crippen molar-refractivity contribution in [3.05, 3.63) is 88.4 Å². The Morgan fingerprint density at radius 3 is 2.09 bits per heavy atom. The van der Waals surface area contributed by atoms with E-state index in [0.717, 1.165) is 16.0 Å². The molecule has 3 aromatic rings. The van der Waals surface area contributed by atoms with Crippen molar-refractivity contribution >= 4 is 29.2 Å². The number of hydrogen-bond donors (Lipinski definition) is 3. The Labute approximate surface area is 200 Å². The first-order valence-corrected chi connectivity index (χ1v) is 11.1. The van der Waals surface area contributed by atoms with E-state index in [9.17, 15) is 29.7 Å². The first-order valence-electron chi connectivity index (χ1n) is 10.7. The van der Waals surface area contributed by atoms with E-state index in [1.54, 1.807) is 36.4 Å². The van der Waals surface area contributed by atoms with Crippen molar-refractivity contribution in [1.29, 1.82) is 0 Å². The van der Waals surface area contributed by atoms with E-state index in [2.05, 4.69) is 0 Å². The minimum absolute atomic E-state index is 0.0124. The number of hydrogen-bond acceptors (Lipinski definition) is 6. The number of imide groups is 1. The predicted molar refractivity (Wildman–Crippen MR) is 126 cm³/mol. The van der Waals surface area contributed by atoms with Gasteiger partial charge >= 0.3 is 0 Å². The number of phenolic OH excluding ortho intramolecular Hbond substituents is 1. The summed E-state index contributed by atoms with van der Waals surface area (Å²) >= 11 is 5.92. The standard InChI is InChI=1S/C26H22ClNO6/c27-19-10-8-16(9-11-19)15-4-6-17(7-5-15)22(30)14-18(26(33)34)12-13-28-24(31)20-2-1-3-21(29)23(20)25(28)32/h1-11,18,26,29,33-34H,12-14H2. The number of aliphatic hydroxyl groups excluding tert-OH is 1. The lowest BCUT2D eigenvalue weighted by molar-refractivity contribution is -0.0863. The van der Waals surface area contributed by atoms with Crippen LogP contribution in [0, 0.1) is 5.92 Å².